The van der Waals surface area contributed by atoms with E-state index in [4.69, 9.17) is 14.3 Å². The molecule has 0 amide bonds. The Kier molecular flexibility index (Phi) is 8.03. The van der Waals surface area contributed by atoms with E-state index in [1.165, 1.54) is 7.11 Å². The highest BCUT2D eigenvalue weighted by atomic mass is 16.6. The van der Waals surface area contributed by atoms with Crippen LogP contribution in [-0.4, -0.2) is 18.8 Å². The van der Waals surface area contributed by atoms with Crippen LogP contribution in [0.1, 0.15) is 29.5 Å². The Morgan fingerprint density at radius 1 is 0.767 bits per heavy atom. The van der Waals surface area contributed by atoms with E-state index in [1.807, 2.05) is 84.9 Å². The summed E-state index contributed by atoms with van der Waals surface area (Å²) in [5.74, 6) is 0.527. The van der Waals surface area contributed by atoms with Gasteiger partial charge in [0.2, 0.25) is 0 Å². The Balaban J connectivity index is 1.55. The zero-order chi connectivity index (χ0) is 21.0. The molecule has 0 radical (unpaired) electrons. The van der Waals surface area contributed by atoms with Crippen molar-refractivity contribution in [2.24, 2.45) is 5.16 Å². The SMILES string of the molecule is COC(=O)CC/C(=N\OCc1ccc(OCc2ccccc2)cc1)c1ccccc1. The molecule has 0 fully saturated rings. The monoisotopic (exact) mass is 403 g/mol. The highest BCUT2D eigenvalue weighted by Crippen LogP contribution is 2.15. The van der Waals surface area contributed by atoms with Crippen molar-refractivity contribution in [3.63, 3.8) is 0 Å². The van der Waals surface area contributed by atoms with Crippen molar-refractivity contribution in [2.45, 2.75) is 26.1 Å². The fourth-order valence-corrected chi connectivity index (χ4v) is 2.80. The second-order valence-electron chi connectivity index (χ2n) is 6.67. The van der Waals surface area contributed by atoms with E-state index in [-0.39, 0.29) is 12.4 Å². The molecule has 3 rings (SSSR count). The molecule has 0 spiro atoms. The van der Waals surface area contributed by atoms with Gasteiger partial charge in [0.1, 0.15) is 19.0 Å². The molecular weight excluding hydrogens is 378 g/mol. The molecule has 30 heavy (non-hydrogen) atoms. The van der Waals surface area contributed by atoms with Gasteiger partial charge in [0.15, 0.2) is 0 Å². The molecule has 5 heteroatoms. The van der Waals surface area contributed by atoms with E-state index in [0.717, 1.165) is 22.4 Å². The highest BCUT2D eigenvalue weighted by molar-refractivity contribution is 6.01. The van der Waals surface area contributed by atoms with Crippen LogP contribution in [0.4, 0.5) is 0 Å². The molecule has 0 saturated heterocycles. The van der Waals surface area contributed by atoms with Crippen LogP contribution < -0.4 is 4.74 Å². The number of benzene rings is 3. The molecule has 0 N–H and O–H groups in total. The number of oxime groups is 1. The third-order valence-electron chi connectivity index (χ3n) is 4.48. The van der Waals surface area contributed by atoms with Crippen LogP contribution in [0.3, 0.4) is 0 Å². The lowest BCUT2D eigenvalue weighted by atomic mass is 10.1. The summed E-state index contributed by atoms with van der Waals surface area (Å²) in [5, 5.41) is 4.27. The minimum Gasteiger partial charge on any atom is -0.489 e. The van der Waals surface area contributed by atoms with Gasteiger partial charge in [-0.1, -0.05) is 78.0 Å². The van der Waals surface area contributed by atoms with Crippen molar-refractivity contribution in [2.75, 3.05) is 7.11 Å². The van der Waals surface area contributed by atoms with Crippen LogP contribution >= 0.6 is 0 Å². The van der Waals surface area contributed by atoms with Gasteiger partial charge in [0, 0.05) is 6.42 Å². The maximum absolute atomic E-state index is 11.5. The maximum atomic E-state index is 11.5. The molecule has 0 heterocycles. The Morgan fingerprint density at radius 2 is 1.40 bits per heavy atom. The van der Waals surface area contributed by atoms with E-state index in [2.05, 4.69) is 5.16 Å². The molecule has 5 nitrogen and oxygen atoms in total. The zero-order valence-electron chi connectivity index (χ0n) is 17.0. The number of methoxy groups -OCH3 is 1. The van der Waals surface area contributed by atoms with Gasteiger partial charge >= 0.3 is 5.97 Å². The minimum absolute atomic E-state index is 0.251. The lowest BCUT2D eigenvalue weighted by Gasteiger charge is -2.08. The lowest BCUT2D eigenvalue weighted by molar-refractivity contribution is -0.140. The second-order valence-corrected chi connectivity index (χ2v) is 6.67. The second kappa shape index (κ2) is 11.4. The summed E-state index contributed by atoms with van der Waals surface area (Å²) in [7, 11) is 1.38. The Bertz CT molecular complexity index is 938. The summed E-state index contributed by atoms with van der Waals surface area (Å²) in [5.41, 5.74) is 3.74. The van der Waals surface area contributed by atoms with Gasteiger partial charge in [-0.15, -0.1) is 0 Å². The standard InChI is InChI=1S/C25H25NO4/c1-28-25(27)17-16-24(22-10-6-3-7-11-22)26-30-19-21-12-14-23(15-13-21)29-18-20-8-4-2-5-9-20/h2-15H,16-19H2,1H3/b26-24+. The molecule has 0 aliphatic carbocycles. The molecule has 0 bridgehead atoms. The van der Waals surface area contributed by atoms with E-state index < -0.39 is 0 Å². The van der Waals surface area contributed by atoms with Crippen molar-refractivity contribution in [1.82, 2.24) is 0 Å². The topological polar surface area (TPSA) is 57.1 Å². The van der Waals surface area contributed by atoms with Crippen LogP contribution in [0.5, 0.6) is 5.75 Å². The van der Waals surface area contributed by atoms with Crippen molar-refractivity contribution >= 4 is 11.7 Å². The molecule has 154 valence electrons. The Morgan fingerprint density at radius 3 is 2.07 bits per heavy atom. The minimum atomic E-state index is -0.273. The largest absolute Gasteiger partial charge is 0.489 e. The number of carbonyl (C=O) groups excluding carboxylic acids is 1. The molecule has 0 atom stereocenters. The zero-order valence-corrected chi connectivity index (χ0v) is 17.0. The van der Waals surface area contributed by atoms with Crippen LogP contribution in [0.25, 0.3) is 0 Å². The van der Waals surface area contributed by atoms with Gasteiger partial charge in [-0.2, -0.15) is 0 Å². The van der Waals surface area contributed by atoms with Gasteiger partial charge < -0.3 is 14.3 Å². The molecule has 0 aliphatic heterocycles. The number of rotatable bonds is 10. The van der Waals surface area contributed by atoms with Crippen LogP contribution in [0.15, 0.2) is 90.1 Å². The quantitative estimate of drug-likeness (QED) is 0.267. The van der Waals surface area contributed by atoms with E-state index >= 15 is 0 Å². The normalized spacial score (nSPS) is 11.0. The summed E-state index contributed by atoms with van der Waals surface area (Å²) in [6, 6.07) is 27.5. The van der Waals surface area contributed by atoms with Crippen molar-refractivity contribution < 1.29 is 19.1 Å². The van der Waals surface area contributed by atoms with Crippen molar-refractivity contribution in [3.8, 4) is 5.75 Å². The van der Waals surface area contributed by atoms with Crippen LogP contribution in [-0.2, 0) is 27.6 Å². The summed E-state index contributed by atoms with van der Waals surface area (Å²) in [6.45, 7) is 0.856. The molecule has 3 aromatic rings. The molecule has 0 unspecified atom stereocenters. The first-order valence-corrected chi connectivity index (χ1v) is 9.81. The smallest absolute Gasteiger partial charge is 0.305 e. The summed E-state index contributed by atoms with van der Waals surface area (Å²) >= 11 is 0. The molecule has 0 aromatic heterocycles. The highest BCUT2D eigenvalue weighted by Gasteiger charge is 2.09. The first kappa shape index (κ1) is 21.1. The third-order valence-corrected chi connectivity index (χ3v) is 4.48. The van der Waals surface area contributed by atoms with Gasteiger partial charge in [-0.05, 0) is 28.8 Å². The van der Waals surface area contributed by atoms with Crippen LogP contribution in [0.2, 0.25) is 0 Å². The number of nitrogens with zero attached hydrogens (tertiary/aromatic N) is 1. The first-order chi connectivity index (χ1) is 14.7. The first-order valence-electron chi connectivity index (χ1n) is 9.81. The Hall–Kier alpha value is -3.60. The number of hydrogen-bond acceptors (Lipinski definition) is 5. The van der Waals surface area contributed by atoms with Gasteiger partial charge in [0.05, 0.1) is 19.2 Å². The van der Waals surface area contributed by atoms with Crippen molar-refractivity contribution in [1.29, 1.82) is 0 Å². The predicted molar refractivity (Wildman–Crippen MR) is 116 cm³/mol. The summed E-state index contributed by atoms with van der Waals surface area (Å²) < 4.78 is 10.5. The van der Waals surface area contributed by atoms with Gasteiger partial charge in [0.25, 0.3) is 0 Å². The van der Waals surface area contributed by atoms with E-state index in [9.17, 15) is 4.79 Å². The van der Waals surface area contributed by atoms with Gasteiger partial charge in [-0.3, -0.25) is 4.79 Å². The van der Waals surface area contributed by atoms with Gasteiger partial charge in [-0.25, -0.2) is 0 Å². The molecule has 0 aliphatic rings. The number of carbonyl (C=O) groups is 1. The summed E-state index contributed by atoms with van der Waals surface area (Å²) in [4.78, 5) is 17.1. The fourth-order valence-electron chi connectivity index (χ4n) is 2.80. The number of hydrogen-bond donors (Lipinski definition) is 0. The third kappa shape index (κ3) is 6.78. The number of ether oxygens (including phenoxy) is 2. The van der Waals surface area contributed by atoms with Crippen molar-refractivity contribution in [3.05, 3.63) is 102 Å². The lowest BCUT2D eigenvalue weighted by Crippen LogP contribution is -2.08. The summed E-state index contributed by atoms with van der Waals surface area (Å²) in [6.07, 6.45) is 0.698. The molecule has 3 aromatic carbocycles. The average molecular weight is 403 g/mol. The Labute approximate surface area is 176 Å². The van der Waals surface area contributed by atoms with Crippen LogP contribution in [0, 0.1) is 0 Å². The van der Waals surface area contributed by atoms with E-state index in [0.29, 0.717) is 25.3 Å². The van der Waals surface area contributed by atoms with E-state index in [1.54, 1.807) is 0 Å². The average Bonchev–Trinajstić information content (AvgIpc) is 2.81. The molecular formula is C25H25NO4. The number of esters is 1. The maximum Gasteiger partial charge on any atom is 0.305 e. The fraction of sp³-hybridized carbons (Fsp3) is 0.200. The predicted octanol–water partition coefficient (Wildman–Crippen LogP) is 5.14. The molecule has 0 saturated carbocycles.